The van der Waals surface area contributed by atoms with Gasteiger partial charge in [0, 0.05) is 12.7 Å². The number of rotatable bonds is 8. The van der Waals surface area contributed by atoms with Crippen LogP contribution in [0.2, 0.25) is 0 Å². The van der Waals surface area contributed by atoms with Crippen LogP contribution in [0.15, 0.2) is 18.3 Å². The predicted octanol–water partition coefficient (Wildman–Crippen LogP) is 1.49. The number of carbonyl (C=O) groups excluding carboxylic acids is 1. The fraction of sp³-hybridized carbons (Fsp3) is 0.600. The molecule has 1 amide bonds. The van der Waals surface area contributed by atoms with E-state index < -0.39 is 5.54 Å². The van der Waals surface area contributed by atoms with Crippen LogP contribution in [0.1, 0.15) is 52.4 Å². The number of unbranched alkanes of at least 4 members (excludes halogenated alkanes) is 1. The van der Waals surface area contributed by atoms with E-state index in [1.165, 1.54) is 0 Å². The molecule has 9 nitrogen and oxygen atoms in total. The molecule has 3 heterocycles. The molecule has 2 aromatic rings. The summed E-state index contributed by atoms with van der Waals surface area (Å²) < 4.78 is 0. The van der Waals surface area contributed by atoms with Crippen LogP contribution in [0.5, 0.6) is 0 Å². The fourth-order valence-electron chi connectivity index (χ4n) is 3.72. The molecular formula is C20H32N8O. The van der Waals surface area contributed by atoms with Crippen LogP contribution in [-0.2, 0) is 4.79 Å². The monoisotopic (exact) mass is 400 g/mol. The first-order chi connectivity index (χ1) is 13.9. The zero-order valence-electron chi connectivity index (χ0n) is 17.3. The summed E-state index contributed by atoms with van der Waals surface area (Å²) in [6.45, 7) is 5.45. The highest BCUT2D eigenvalue weighted by Gasteiger charge is 2.34. The topological polar surface area (TPSA) is 135 Å². The van der Waals surface area contributed by atoms with Gasteiger partial charge in [0.2, 0.25) is 11.9 Å². The lowest BCUT2D eigenvalue weighted by molar-refractivity contribution is -0.123. The lowest BCUT2D eigenvalue weighted by atomic mass is 9.93. The summed E-state index contributed by atoms with van der Waals surface area (Å²) in [5.74, 6) is 7.23. The van der Waals surface area contributed by atoms with E-state index in [0.29, 0.717) is 23.4 Å². The number of nitrogens with zero attached hydrogens (tertiary/aromatic N) is 4. The summed E-state index contributed by atoms with van der Waals surface area (Å²) in [5.41, 5.74) is 6.59. The zero-order chi connectivity index (χ0) is 20.9. The van der Waals surface area contributed by atoms with Gasteiger partial charge >= 0.3 is 0 Å². The van der Waals surface area contributed by atoms with E-state index in [-0.39, 0.29) is 17.9 Å². The molecule has 6 N–H and O–H groups in total. The summed E-state index contributed by atoms with van der Waals surface area (Å²) in [7, 11) is 0. The normalized spacial score (nSPS) is 18.9. The van der Waals surface area contributed by atoms with Gasteiger partial charge in [-0.05, 0) is 44.9 Å². The smallest absolute Gasteiger partial charge is 0.237 e. The molecule has 0 saturated carbocycles. The first-order valence-corrected chi connectivity index (χ1v) is 10.4. The molecule has 0 radical (unpaired) electrons. The molecule has 9 heteroatoms. The van der Waals surface area contributed by atoms with Crippen molar-refractivity contribution in [3.8, 4) is 0 Å². The molecule has 0 spiro atoms. The highest BCUT2D eigenvalue weighted by atomic mass is 16.2. The molecule has 1 aliphatic heterocycles. The van der Waals surface area contributed by atoms with E-state index in [4.69, 9.17) is 11.6 Å². The SMILES string of the molecule is CCCCC(C)(CNC(=O)[C@@H]1CCCCN1)N(N)c1nc(N)nc2cccnc12. The van der Waals surface area contributed by atoms with Crippen molar-refractivity contribution in [3.63, 3.8) is 0 Å². The Bertz CT molecular complexity index is 838. The lowest BCUT2D eigenvalue weighted by Gasteiger charge is -2.39. The Kier molecular flexibility index (Phi) is 6.81. The summed E-state index contributed by atoms with van der Waals surface area (Å²) in [6, 6.07) is 3.49. The van der Waals surface area contributed by atoms with Crippen molar-refractivity contribution in [2.24, 2.45) is 5.84 Å². The number of anilines is 2. The number of aromatic nitrogens is 3. The molecule has 1 aliphatic rings. The number of amides is 1. The van der Waals surface area contributed by atoms with Crippen molar-refractivity contribution in [3.05, 3.63) is 18.3 Å². The Morgan fingerprint density at radius 3 is 2.97 bits per heavy atom. The van der Waals surface area contributed by atoms with Gasteiger partial charge < -0.3 is 16.4 Å². The van der Waals surface area contributed by atoms with Gasteiger partial charge in [-0.3, -0.25) is 14.8 Å². The maximum absolute atomic E-state index is 12.7. The average Bonchev–Trinajstić information content (AvgIpc) is 2.75. The van der Waals surface area contributed by atoms with Gasteiger partial charge in [0.25, 0.3) is 0 Å². The fourth-order valence-corrected chi connectivity index (χ4v) is 3.72. The number of fused-ring (bicyclic) bond motifs is 1. The number of carbonyl (C=O) groups is 1. The highest BCUT2D eigenvalue weighted by molar-refractivity contribution is 5.86. The predicted molar refractivity (Wildman–Crippen MR) is 115 cm³/mol. The van der Waals surface area contributed by atoms with Crippen LogP contribution >= 0.6 is 0 Å². The second-order valence-electron chi connectivity index (χ2n) is 7.97. The number of pyridine rings is 1. The Morgan fingerprint density at radius 2 is 2.24 bits per heavy atom. The Balaban J connectivity index is 1.84. The molecule has 158 valence electrons. The van der Waals surface area contributed by atoms with Crippen LogP contribution in [0.25, 0.3) is 11.0 Å². The first-order valence-electron chi connectivity index (χ1n) is 10.4. The number of nitrogen functional groups attached to an aromatic ring is 1. The number of hydrogen-bond acceptors (Lipinski definition) is 8. The van der Waals surface area contributed by atoms with Crippen molar-refractivity contribution in [2.75, 3.05) is 23.8 Å². The third-order valence-electron chi connectivity index (χ3n) is 5.60. The molecule has 2 atom stereocenters. The molecule has 2 aromatic heterocycles. The number of hydrazine groups is 1. The molecule has 0 bridgehead atoms. The average molecular weight is 401 g/mol. The molecule has 0 aliphatic carbocycles. The maximum Gasteiger partial charge on any atom is 0.237 e. The van der Waals surface area contributed by atoms with Crippen molar-refractivity contribution in [1.29, 1.82) is 0 Å². The maximum atomic E-state index is 12.7. The van der Waals surface area contributed by atoms with Crippen molar-refractivity contribution >= 4 is 28.7 Å². The van der Waals surface area contributed by atoms with E-state index in [9.17, 15) is 4.79 Å². The van der Waals surface area contributed by atoms with E-state index in [1.807, 2.05) is 13.0 Å². The minimum absolute atomic E-state index is 0.0195. The number of nitrogens with two attached hydrogens (primary N) is 2. The van der Waals surface area contributed by atoms with Gasteiger partial charge in [-0.1, -0.05) is 26.2 Å². The van der Waals surface area contributed by atoms with Gasteiger partial charge in [0.1, 0.15) is 5.52 Å². The van der Waals surface area contributed by atoms with Gasteiger partial charge in [-0.15, -0.1) is 0 Å². The van der Waals surface area contributed by atoms with Crippen LogP contribution in [0.4, 0.5) is 11.8 Å². The lowest BCUT2D eigenvalue weighted by Crippen LogP contribution is -2.59. The molecular weight excluding hydrogens is 368 g/mol. The van der Waals surface area contributed by atoms with E-state index in [1.54, 1.807) is 17.3 Å². The summed E-state index contributed by atoms with van der Waals surface area (Å²) >= 11 is 0. The first kappa shape index (κ1) is 21.2. The Hall–Kier alpha value is -2.52. The molecule has 1 fully saturated rings. The Morgan fingerprint density at radius 1 is 1.41 bits per heavy atom. The molecule has 1 saturated heterocycles. The summed E-state index contributed by atoms with van der Waals surface area (Å²) in [4.78, 5) is 25.7. The number of piperidine rings is 1. The van der Waals surface area contributed by atoms with Crippen molar-refractivity contribution in [2.45, 2.75) is 64.0 Å². The largest absolute Gasteiger partial charge is 0.368 e. The third kappa shape index (κ3) is 4.91. The second-order valence-corrected chi connectivity index (χ2v) is 7.97. The van der Waals surface area contributed by atoms with Crippen LogP contribution in [0, 0.1) is 0 Å². The quantitative estimate of drug-likeness (QED) is 0.387. The third-order valence-corrected chi connectivity index (χ3v) is 5.60. The van der Waals surface area contributed by atoms with E-state index in [2.05, 4.69) is 32.5 Å². The van der Waals surface area contributed by atoms with Crippen molar-refractivity contribution in [1.82, 2.24) is 25.6 Å². The van der Waals surface area contributed by atoms with Crippen molar-refractivity contribution < 1.29 is 4.79 Å². The second kappa shape index (κ2) is 9.32. The minimum Gasteiger partial charge on any atom is -0.368 e. The number of nitrogens with one attached hydrogen (secondary N) is 2. The molecule has 3 rings (SSSR count). The standard InChI is InChI=1S/C20H32N8O/c1-3-4-10-20(2,13-25-18(29)15-8-5-6-11-23-15)28(22)17-16-14(9-7-12-24-16)26-19(21)27-17/h7,9,12,15,23H,3-6,8,10-11,13,22H2,1-2H3,(H,25,29)(H2,21,26,27)/t15-,20?/m0/s1. The Labute approximate surface area is 171 Å². The molecule has 1 unspecified atom stereocenters. The minimum atomic E-state index is -0.550. The van der Waals surface area contributed by atoms with E-state index in [0.717, 1.165) is 45.1 Å². The van der Waals surface area contributed by atoms with E-state index >= 15 is 0 Å². The van der Waals surface area contributed by atoms with Crippen LogP contribution in [-0.4, -0.2) is 45.5 Å². The zero-order valence-corrected chi connectivity index (χ0v) is 17.3. The summed E-state index contributed by atoms with van der Waals surface area (Å²) in [5, 5.41) is 7.99. The molecule has 29 heavy (non-hydrogen) atoms. The van der Waals surface area contributed by atoms with Gasteiger partial charge in [0.15, 0.2) is 5.82 Å². The van der Waals surface area contributed by atoms with Gasteiger partial charge in [-0.25, -0.2) is 10.8 Å². The van der Waals surface area contributed by atoms with Crippen LogP contribution < -0.4 is 27.2 Å². The summed E-state index contributed by atoms with van der Waals surface area (Å²) in [6.07, 6.45) is 7.50. The highest BCUT2D eigenvalue weighted by Crippen LogP contribution is 2.29. The number of hydrogen-bond donors (Lipinski definition) is 4. The molecule has 0 aromatic carbocycles. The van der Waals surface area contributed by atoms with Crippen LogP contribution in [0.3, 0.4) is 0 Å². The van der Waals surface area contributed by atoms with Gasteiger partial charge in [-0.2, -0.15) is 4.98 Å². The van der Waals surface area contributed by atoms with Gasteiger partial charge in [0.05, 0.1) is 17.1 Å².